The minimum atomic E-state index is -1.04. The maximum Gasteiger partial charge on any atom is 0.410 e. The number of imidazole rings is 1. The molecule has 0 saturated carbocycles. The van der Waals surface area contributed by atoms with Crippen LogP contribution in [0, 0.1) is 0 Å². The monoisotopic (exact) mass is 596 g/mol. The van der Waals surface area contributed by atoms with Gasteiger partial charge in [-0.3, -0.25) is 4.79 Å². The number of aromatic nitrogens is 2. The van der Waals surface area contributed by atoms with Gasteiger partial charge < -0.3 is 29.3 Å². The largest absolute Gasteiger partial charge is 0.444 e. The second kappa shape index (κ2) is 13.4. The summed E-state index contributed by atoms with van der Waals surface area (Å²) in [4.78, 5) is 35.5. The van der Waals surface area contributed by atoms with Gasteiger partial charge in [-0.15, -0.1) is 0 Å². The van der Waals surface area contributed by atoms with Gasteiger partial charge in [0.25, 0.3) is 5.91 Å². The standard InChI is InChI=1S/C35H40N4O5/c1-35(2,3)44-34(43)37-19-20-38(28(22-37)21-25-13-7-4-8-14-25)33(42)30-31(26-15-9-5-10-16-26)39(24-36-30)29(23-40)32(41)27-17-11-6-12-18-27/h4-18,24,28-29,32,40-41H,19-23H2,1-3H3/t28-,29?,32+/m1/s1. The summed E-state index contributed by atoms with van der Waals surface area (Å²) < 4.78 is 7.35. The Morgan fingerprint density at radius 2 is 1.55 bits per heavy atom. The number of piperazine rings is 1. The molecule has 1 unspecified atom stereocenters. The van der Waals surface area contributed by atoms with Crippen LogP contribution < -0.4 is 0 Å². The Bertz CT molecular complexity index is 1540. The van der Waals surface area contributed by atoms with E-state index in [-0.39, 0.29) is 24.2 Å². The molecule has 0 radical (unpaired) electrons. The van der Waals surface area contributed by atoms with Gasteiger partial charge in [-0.05, 0) is 38.3 Å². The van der Waals surface area contributed by atoms with Crippen LogP contribution >= 0.6 is 0 Å². The van der Waals surface area contributed by atoms with Gasteiger partial charge in [-0.1, -0.05) is 91.0 Å². The Morgan fingerprint density at radius 1 is 0.932 bits per heavy atom. The molecule has 0 aliphatic carbocycles. The zero-order chi connectivity index (χ0) is 31.3. The van der Waals surface area contributed by atoms with Gasteiger partial charge in [0, 0.05) is 25.2 Å². The highest BCUT2D eigenvalue weighted by Crippen LogP contribution is 2.34. The number of ether oxygens (including phenoxy) is 1. The third-order valence-electron chi connectivity index (χ3n) is 7.80. The Labute approximate surface area is 258 Å². The molecule has 0 bridgehead atoms. The summed E-state index contributed by atoms with van der Waals surface area (Å²) in [5, 5.41) is 21.8. The van der Waals surface area contributed by atoms with Crippen molar-refractivity contribution >= 4 is 12.0 Å². The van der Waals surface area contributed by atoms with Crippen LogP contribution in [0.5, 0.6) is 0 Å². The van der Waals surface area contributed by atoms with Gasteiger partial charge in [0.1, 0.15) is 11.7 Å². The Hall–Kier alpha value is -4.47. The summed E-state index contributed by atoms with van der Waals surface area (Å²) >= 11 is 0. The first-order valence-corrected chi connectivity index (χ1v) is 14.9. The Morgan fingerprint density at radius 3 is 2.16 bits per heavy atom. The molecule has 1 aliphatic rings. The first-order chi connectivity index (χ1) is 21.2. The van der Waals surface area contributed by atoms with Crippen molar-refractivity contribution in [3.8, 4) is 11.3 Å². The molecule has 9 heteroatoms. The van der Waals surface area contributed by atoms with Gasteiger partial charge in [-0.2, -0.15) is 0 Å². The van der Waals surface area contributed by atoms with Crippen LogP contribution in [-0.2, 0) is 11.2 Å². The van der Waals surface area contributed by atoms with Gasteiger partial charge in [0.15, 0.2) is 5.69 Å². The first kappa shape index (κ1) is 31.0. The fraction of sp³-hybridized carbons (Fsp3) is 0.343. The predicted molar refractivity (Wildman–Crippen MR) is 168 cm³/mol. The molecule has 4 aromatic rings. The summed E-state index contributed by atoms with van der Waals surface area (Å²) in [6.45, 7) is 6.06. The Balaban J connectivity index is 1.51. The van der Waals surface area contributed by atoms with E-state index in [1.807, 2.05) is 99.6 Å². The van der Waals surface area contributed by atoms with Crippen LogP contribution in [0.25, 0.3) is 11.3 Å². The van der Waals surface area contributed by atoms with Crippen LogP contribution in [0.3, 0.4) is 0 Å². The molecule has 44 heavy (non-hydrogen) atoms. The van der Waals surface area contributed by atoms with E-state index in [9.17, 15) is 19.8 Å². The van der Waals surface area contributed by atoms with Gasteiger partial charge in [0.2, 0.25) is 0 Å². The van der Waals surface area contributed by atoms with E-state index in [2.05, 4.69) is 4.98 Å². The summed E-state index contributed by atoms with van der Waals surface area (Å²) in [6.07, 6.45) is 0.618. The summed E-state index contributed by atoms with van der Waals surface area (Å²) in [6, 6.07) is 27.3. The third kappa shape index (κ3) is 7.01. The van der Waals surface area contributed by atoms with Crippen molar-refractivity contribution < 1.29 is 24.5 Å². The number of carbonyl (C=O) groups is 2. The van der Waals surface area contributed by atoms with Gasteiger partial charge in [-0.25, -0.2) is 9.78 Å². The second-order valence-corrected chi connectivity index (χ2v) is 12.1. The van der Waals surface area contributed by atoms with E-state index in [1.165, 1.54) is 6.33 Å². The molecular formula is C35H40N4O5. The zero-order valence-corrected chi connectivity index (χ0v) is 25.4. The van der Waals surface area contributed by atoms with E-state index in [1.54, 1.807) is 26.5 Å². The SMILES string of the molecule is CC(C)(C)OC(=O)N1CCN(C(=O)c2ncn(C(CO)[C@@H](O)c3ccccc3)c2-c2ccccc2)[C@H](Cc2ccccc2)C1. The third-order valence-corrected chi connectivity index (χ3v) is 7.80. The molecule has 9 nitrogen and oxygen atoms in total. The molecule has 5 rings (SSSR count). The van der Waals surface area contributed by atoms with E-state index in [0.29, 0.717) is 37.3 Å². The highest BCUT2D eigenvalue weighted by Gasteiger charge is 2.37. The maximum atomic E-state index is 14.5. The van der Waals surface area contributed by atoms with Gasteiger partial charge in [0.05, 0.1) is 30.7 Å². The average Bonchev–Trinajstić information content (AvgIpc) is 3.46. The van der Waals surface area contributed by atoms with Crippen LogP contribution in [0.15, 0.2) is 97.3 Å². The van der Waals surface area contributed by atoms with Crippen LogP contribution in [0.2, 0.25) is 0 Å². The number of nitrogens with zero attached hydrogens (tertiary/aromatic N) is 4. The quantitative estimate of drug-likeness (QED) is 0.292. The number of aliphatic hydroxyl groups is 2. The van der Waals surface area contributed by atoms with E-state index in [4.69, 9.17) is 4.74 Å². The number of rotatable bonds is 8. The topological polar surface area (TPSA) is 108 Å². The van der Waals surface area contributed by atoms with Crippen LogP contribution in [0.1, 0.15) is 54.5 Å². The van der Waals surface area contributed by atoms with Crippen LogP contribution in [0.4, 0.5) is 4.79 Å². The lowest BCUT2D eigenvalue weighted by atomic mass is 10.00. The van der Waals surface area contributed by atoms with Gasteiger partial charge >= 0.3 is 6.09 Å². The van der Waals surface area contributed by atoms with E-state index < -0.39 is 23.8 Å². The fourth-order valence-corrected chi connectivity index (χ4v) is 5.68. The van der Waals surface area contributed by atoms with Crippen LogP contribution in [-0.4, -0.2) is 79.4 Å². The van der Waals surface area contributed by atoms with E-state index in [0.717, 1.165) is 11.1 Å². The molecule has 3 aromatic carbocycles. The molecule has 1 aromatic heterocycles. The number of hydrogen-bond donors (Lipinski definition) is 2. The highest BCUT2D eigenvalue weighted by molar-refractivity contribution is 5.98. The minimum Gasteiger partial charge on any atom is -0.444 e. The van der Waals surface area contributed by atoms with Crippen molar-refractivity contribution in [2.24, 2.45) is 0 Å². The Kier molecular flexibility index (Phi) is 9.46. The lowest BCUT2D eigenvalue weighted by molar-refractivity contribution is 0.00429. The smallest absolute Gasteiger partial charge is 0.410 e. The molecule has 1 saturated heterocycles. The molecule has 2 amide bonds. The summed E-state index contributed by atoms with van der Waals surface area (Å²) in [5.41, 5.74) is 2.52. The van der Waals surface area contributed by atoms with Crippen molar-refractivity contribution in [1.82, 2.24) is 19.4 Å². The number of amides is 2. The van der Waals surface area contributed by atoms with Crippen molar-refractivity contribution in [1.29, 1.82) is 0 Å². The highest BCUT2D eigenvalue weighted by atomic mass is 16.6. The van der Waals surface area contributed by atoms with Crippen molar-refractivity contribution in [2.45, 2.75) is 51.0 Å². The fourth-order valence-electron chi connectivity index (χ4n) is 5.68. The molecule has 0 spiro atoms. The molecule has 230 valence electrons. The minimum absolute atomic E-state index is 0.221. The van der Waals surface area contributed by atoms with Crippen molar-refractivity contribution in [3.63, 3.8) is 0 Å². The zero-order valence-electron chi connectivity index (χ0n) is 25.4. The number of aliphatic hydroxyl groups excluding tert-OH is 2. The number of hydrogen-bond acceptors (Lipinski definition) is 6. The number of carbonyl (C=O) groups excluding carboxylic acids is 2. The molecule has 1 aliphatic heterocycles. The summed E-state index contributed by atoms with van der Waals surface area (Å²) in [5.74, 6) is -0.279. The molecular weight excluding hydrogens is 556 g/mol. The average molecular weight is 597 g/mol. The van der Waals surface area contributed by atoms with Crippen molar-refractivity contribution in [2.75, 3.05) is 26.2 Å². The lowest BCUT2D eigenvalue weighted by Gasteiger charge is -2.41. The number of benzene rings is 3. The molecule has 3 atom stereocenters. The molecule has 2 N–H and O–H groups in total. The molecule has 1 fully saturated rings. The second-order valence-electron chi connectivity index (χ2n) is 12.1. The first-order valence-electron chi connectivity index (χ1n) is 14.9. The summed E-state index contributed by atoms with van der Waals surface area (Å²) in [7, 11) is 0. The van der Waals surface area contributed by atoms with Crippen molar-refractivity contribution in [3.05, 3.63) is 114 Å². The predicted octanol–water partition coefficient (Wildman–Crippen LogP) is 5.12. The lowest BCUT2D eigenvalue weighted by Crippen LogP contribution is -2.58. The normalized spacial score (nSPS) is 16.8. The van der Waals surface area contributed by atoms with E-state index >= 15 is 0 Å². The maximum absolute atomic E-state index is 14.5. The molecule has 2 heterocycles.